The Morgan fingerprint density at radius 2 is 1.72 bits per heavy atom. The number of phenols is 2. The number of aromatic hydroxyl groups is 2. The van der Waals surface area contributed by atoms with Crippen LogP contribution in [0.2, 0.25) is 0 Å². The molecular formula is C19H17N3O3. The molecule has 2 N–H and O–H groups in total. The van der Waals surface area contributed by atoms with Crippen molar-refractivity contribution in [3.63, 3.8) is 0 Å². The molecule has 126 valence electrons. The lowest BCUT2D eigenvalue weighted by Crippen LogP contribution is -1.87. The number of benzene rings is 2. The molecule has 2 aromatic carbocycles. The summed E-state index contributed by atoms with van der Waals surface area (Å²) < 4.78 is 6.67. The molecule has 6 heteroatoms. The first-order valence-electron chi connectivity index (χ1n) is 7.58. The maximum Gasteiger partial charge on any atom is 0.161 e. The molecule has 6 nitrogen and oxygen atoms in total. The first-order valence-corrected chi connectivity index (χ1v) is 7.58. The van der Waals surface area contributed by atoms with Crippen LogP contribution in [0.15, 0.2) is 48.7 Å². The number of methoxy groups -OCH3 is 1. The maximum atomic E-state index is 9.59. The number of phenolic OH excluding ortho intramolecular Hbond substituents is 2. The number of aromatic nitrogens is 3. The first-order chi connectivity index (χ1) is 12.1. The van der Waals surface area contributed by atoms with Gasteiger partial charge in [0.25, 0.3) is 0 Å². The van der Waals surface area contributed by atoms with Gasteiger partial charge in [-0.3, -0.25) is 0 Å². The Morgan fingerprint density at radius 3 is 2.48 bits per heavy atom. The lowest BCUT2D eigenvalue weighted by atomic mass is 10.2. The fourth-order valence-electron chi connectivity index (χ4n) is 2.17. The van der Waals surface area contributed by atoms with Crippen LogP contribution in [0.1, 0.15) is 16.8 Å². The quantitative estimate of drug-likeness (QED) is 0.746. The molecule has 0 aliphatic heterocycles. The van der Waals surface area contributed by atoms with Gasteiger partial charge in [-0.1, -0.05) is 29.5 Å². The lowest BCUT2D eigenvalue weighted by Gasteiger charge is -2.03. The molecule has 25 heavy (non-hydrogen) atoms. The van der Waals surface area contributed by atoms with Crippen LogP contribution in [0, 0.1) is 0 Å². The van der Waals surface area contributed by atoms with E-state index in [1.54, 1.807) is 47.4 Å². The Bertz CT molecular complexity index is 912. The van der Waals surface area contributed by atoms with Gasteiger partial charge in [-0.15, -0.1) is 5.10 Å². The fraction of sp³-hybridized carbons (Fsp3) is 0.0526. The van der Waals surface area contributed by atoms with Crippen molar-refractivity contribution in [2.24, 2.45) is 0 Å². The van der Waals surface area contributed by atoms with Crippen molar-refractivity contribution in [1.82, 2.24) is 15.0 Å². The molecule has 1 heterocycles. The van der Waals surface area contributed by atoms with Gasteiger partial charge < -0.3 is 14.9 Å². The van der Waals surface area contributed by atoms with Crippen LogP contribution in [0.4, 0.5) is 0 Å². The third kappa shape index (κ3) is 4.26. The van der Waals surface area contributed by atoms with Gasteiger partial charge in [0.2, 0.25) is 0 Å². The van der Waals surface area contributed by atoms with Crippen molar-refractivity contribution in [1.29, 1.82) is 0 Å². The molecular weight excluding hydrogens is 318 g/mol. The highest BCUT2D eigenvalue weighted by Gasteiger charge is 2.00. The Labute approximate surface area is 144 Å². The molecule has 0 fully saturated rings. The van der Waals surface area contributed by atoms with Crippen LogP contribution in [-0.2, 0) is 0 Å². The van der Waals surface area contributed by atoms with Gasteiger partial charge in [-0.25, -0.2) is 4.68 Å². The van der Waals surface area contributed by atoms with Crippen molar-refractivity contribution in [3.8, 4) is 17.2 Å². The SMILES string of the molecule is COc1cc(/C=C/n2cc(/C=C/c3ccc(O)cc3)nn2)ccc1O. The van der Waals surface area contributed by atoms with Crippen LogP contribution in [0.3, 0.4) is 0 Å². The molecule has 3 aromatic rings. The van der Waals surface area contributed by atoms with Crippen molar-refractivity contribution in [3.05, 3.63) is 65.5 Å². The summed E-state index contributed by atoms with van der Waals surface area (Å²) in [6.45, 7) is 0. The number of ether oxygens (including phenoxy) is 1. The molecule has 0 unspecified atom stereocenters. The van der Waals surface area contributed by atoms with E-state index in [0.29, 0.717) is 11.4 Å². The third-order valence-corrected chi connectivity index (χ3v) is 3.49. The monoisotopic (exact) mass is 335 g/mol. The van der Waals surface area contributed by atoms with Crippen LogP contribution in [-0.4, -0.2) is 32.3 Å². The molecule has 0 atom stereocenters. The van der Waals surface area contributed by atoms with E-state index in [0.717, 1.165) is 11.1 Å². The van der Waals surface area contributed by atoms with Crippen LogP contribution in [0.25, 0.3) is 24.4 Å². The molecule has 0 spiro atoms. The third-order valence-electron chi connectivity index (χ3n) is 3.49. The zero-order valence-corrected chi connectivity index (χ0v) is 13.6. The van der Waals surface area contributed by atoms with Gasteiger partial charge in [0.05, 0.1) is 13.3 Å². The van der Waals surface area contributed by atoms with E-state index in [9.17, 15) is 10.2 Å². The summed E-state index contributed by atoms with van der Waals surface area (Å²) in [5.74, 6) is 0.749. The summed E-state index contributed by atoms with van der Waals surface area (Å²) in [6, 6.07) is 12.0. The number of hydrogen-bond acceptors (Lipinski definition) is 5. The molecule has 0 amide bonds. The highest BCUT2D eigenvalue weighted by atomic mass is 16.5. The van der Waals surface area contributed by atoms with E-state index < -0.39 is 0 Å². The van der Waals surface area contributed by atoms with Gasteiger partial charge in [0, 0.05) is 6.20 Å². The summed E-state index contributed by atoms with van der Waals surface area (Å²) in [4.78, 5) is 0. The number of hydrogen-bond donors (Lipinski definition) is 2. The summed E-state index contributed by atoms with van der Waals surface area (Å²) in [6.07, 6.45) is 9.11. The van der Waals surface area contributed by atoms with Gasteiger partial charge in [0.1, 0.15) is 11.4 Å². The highest BCUT2D eigenvalue weighted by molar-refractivity contribution is 5.68. The predicted molar refractivity (Wildman–Crippen MR) is 96.9 cm³/mol. The molecule has 3 rings (SSSR count). The predicted octanol–water partition coefficient (Wildman–Crippen LogP) is 3.50. The zero-order chi connectivity index (χ0) is 17.6. The van der Waals surface area contributed by atoms with E-state index in [-0.39, 0.29) is 11.5 Å². The minimum absolute atomic E-state index is 0.0991. The largest absolute Gasteiger partial charge is 0.508 e. The van der Waals surface area contributed by atoms with Gasteiger partial charge in [-0.05, 0) is 47.5 Å². The Morgan fingerprint density at radius 1 is 0.960 bits per heavy atom. The standard InChI is InChI=1S/C19H17N3O3/c1-25-19-12-15(5-9-18(19)24)10-11-22-13-16(20-21-22)6-2-14-3-7-17(23)8-4-14/h2-13,23-24H,1H3/b6-2+,11-10+. The summed E-state index contributed by atoms with van der Waals surface area (Å²) in [5.41, 5.74) is 2.53. The van der Waals surface area contributed by atoms with Gasteiger partial charge in [0.15, 0.2) is 11.5 Å². The lowest BCUT2D eigenvalue weighted by molar-refractivity contribution is 0.373. The molecule has 0 saturated heterocycles. The molecule has 0 radical (unpaired) electrons. The summed E-state index contributed by atoms with van der Waals surface area (Å²) >= 11 is 0. The highest BCUT2D eigenvalue weighted by Crippen LogP contribution is 2.26. The Hall–Kier alpha value is -3.54. The second-order valence-corrected chi connectivity index (χ2v) is 5.30. The smallest absolute Gasteiger partial charge is 0.161 e. The summed E-state index contributed by atoms with van der Waals surface area (Å²) in [7, 11) is 1.51. The fourth-order valence-corrected chi connectivity index (χ4v) is 2.17. The molecule has 0 aliphatic carbocycles. The zero-order valence-electron chi connectivity index (χ0n) is 13.6. The van der Waals surface area contributed by atoms with Crippen LogP contribution >= 0.6 is 0 Å². The van der Waals surface area contributed by atoms with Crippen molar-refractivity contribution in [2.75, 3.05) is 7.11 Å². The number of rotatable bonds is 5. The summed E-state index contributed by atoms with van der Waals surface area (Å²) in [5, 5.41) is 27.0. The number of nitrogens with zero attached hydrogens (tertiary/aromatic N) is 3. The van der Waals surface area contributed by atoms with Gasteiger partial charge >= 0.3 is 0 Å². The van der Waals surface area contributed by atoms with Gasteiger partial charge in [-0.2, -0.15) is 0 Å². The second-order valence-electron chi connectivity index (χ2n) is 5.30. The van der Waals surface area contributed by atoms with Crippen molar-refractivity contribution < 1.29 is 14.9 Å². The minimum Gasteiger partial charge on any atom is -0.508 e. The van der Waals surface area contributed by atoms with Crippen LogP contribution < -0.4 is 4.74 Å². The van der Waals surface area contributed by atoms with E-state index >= 15 is 0 Å². The van der Waals surface area contributed by atoms with E-state index in [1.807, 2.05) is 30.4 Å². The van der Waals surface area contributed by atoms with E-state index in [4.69, 9.17) is 4.74 Å². The average molecular weight is 335 g/mol. The minimum atomic E-state index is 0.0991. The molecule has 0 saturated carbocycles. The van der Waals surface area contributed by atoms with Crippen LogP contribution in [0.5, 0.6) is 17.2 Å². The molecule has 0 aliphatic rings. The second kappa shape index (κ2) is 7.35. The van der Waals surface area contributed by atoms with Crippen molar-refractivity contribution in [2.45, 2.75) is 0 Å². The average Bonchev–Trinajstić information content (AvgIpc) is 3.08. The van der Waals surface area contributed by atoms with E-state index in [2.05, 4.69) is 10.3 Å². The molecule has 1 aromatic heterocycles. The van der Waals surface area contributed by atoms with E-state index in [1.165, 1.54) is 7.11 Å². The molecule has 0 bridgehead atoms. The van der Waals surface area contributed by atoms with Crippen molar-refractivity contribution >= 4 is 24.4 Å². The topological polar surface area (TPSA) is 80.4 Å². The Balaban J connectivity index is 1.70. The first kappa shape index (κ1) is 16.3. The maximum absolute atomic E-state index is 9.59. The Kier molecular flexibility index (Phi) is 4.80. The normalized spacial score (nSPS) is 11.4.